The number of H-pyrrole nitrogens is 1. The lowest BCUT2D eigenvalue weighted by atomic mass is 10.2. The summed E-state index contributed by atoms with van der Waals surface area (Å²) < 4.78 is 4.90. The number of rotatable bonds is 5. The molecule has 2 N–H and O–H groups in total. The third-order valence-electron chi connectivity index (χ3n) is 2.68. The van der Waals surface area contributed by atoms with Crippen LogP contribution in [0.2, 0.25) is 0 Å². The molecule has 5 nitrogen and oxygen atoms in total. The number of hydrogen-bond acceptors (Lipinski definition) is 4. The van der Waals surface area contributed by atoms with Crippen LogP contribution in [0.25, 0.3) is 11.0 Å². The first-order valence-electron chi connectivity index (χ1n) is 6.30. The highest BCUT2D eigenvalue weighted by Gasteiger charge is 2.03. The fourth-order valence-electron chi connectivity index (χ4n) is 1.75. The standard InChI is InChI=1S/C14H17N3O2/c1-3-10(8-14(18)19-4-2)17-11-5-6-12-13(7-11)16-9-15-12/h5-9,17H,3-4H2,1-2H3,(H,15,16)/b10-8+. The number of fused-ring (bicyclic) bond motifs is 1. The number of benzene rings is 1. The van der Waals surface area contributed by atoms with E-state index in [0.717, 1.165) is 28.8 Å². The van der Waals surface area contributed by atoms with Crippen molar-refractivity contribution in [2.45, 2.75) is 20.3 Å². The van der Waals surface area contributed by atoms with Crippen LogP contribution in [0, 0.1) is 0 Å². The van der Waals surface area contributed by atoms with Crippen molar-refractivity contribution in [1.82, 2.24) is 9.97 Å². The Morgan fingerprint density at radius 3 is 3.05 bits per heavy atom. The van der Waals surface area contributed by atoms with E-state index >= 15 is 0 Å². The average Bonchev–Trinajstić information content (AvgIpc) is 2.85. The Kier molecular flexibility index (Phi) is 4.18. The summed E-state index contributed by atoms with van der Waals surface area (Å²) in [7, 11) is 0. The first-order valence-corrected chi connectivity index (χ1v) is 6.30. The Morgan fingerprint density at radius 1 is 1.47 bits per heavy atom. The summed E-state index contributed by atoms with van der Waals surface area (Å²) in [4.78, 5) is 18.6. The molecule has 1 aromatic carbocycles. The van der Waals surface area contributed by atoms with Crippen LogP contribution in [0.3, 0.4) is 0 Å². The number of allylic oxidation sites excluding steroid dienone is 1. The second-order valence-electron chi connectivity index (χ2n) is 4.03. The van der Waals surface area contributed by atoms with Gasteiger partial charge in [-0.25, -0.2) is 9.78 Å². The van der Waals surface area contributed by atoms with E-state index in [2.05, 4.69) is 15.3 Å². The predicted molar refractivity (Wildman–Crippen MR) is 74.7 cm³/mol. The Labute approximate surface area is 111 Å². The highest BCUT2D eigenvalue weighted by molar-refractivity contribution is 5.84. The lowest BCUT2D eigenvalue weighted by Gasteiger charge is -2.09. The zero-order chi connectivity index (χ0) is 13.7. The maximum atomic E-state index is 11.4. The largest absolute Gasteiger partial charge is 0.463 e. The van der Waals surface area contributed by atoms with E-state index < -0.39 is 0 Å². The number of imidazole rings is 1. The summed E-state index contributed by atoms with van der Waals surface area (Å²) in [6.45, 7) is 4.15. The molecule has 0 aliphatic heterocycles. The number of anilines is 1. The van der Waals surface area contributed by atoms with Crippen LogP contribution in [0.1, 0.15) is 20.3 Å². The lowest BCUT2D eigenvalue weighted by Crippen LogP contribution is -2.05. The van der Waals surface area contributed by atoms with E-state index in [1.807, 2.05) is 25.1 Å². The molecule has 100 valence electrons. The number of carbonyl (C=O) groups excluding carboxylic acids is 1. The Morgan fingerprint density at radius 2 is 2.32 bits per heavy atom. The number of esters is 1. The first-order chi connectivity index (χ1) is 9.22. The van der Waals surface area contributed by atoms with Gasteiger partial charge >= 0.3 is 5.97 Å². The number of carbonyl (C=O) groups is 1. The highest BCUT2D eigenvalue weighted by atomic mass is 16.5. The van der Waals surface area contributed by atoms with Crippen molar-refractivity contribution in [2.75, 3.05) is 11.9 Å². The molecule has 1 aromatic heterocycles. The van der Waals surface area contributed by atoms with Crippen LogP contribution >= 0.6 is 0 Å². The van der Waals surface area contributed by atoms with Crippen LogP contribution in [0.15, 0.2) is 36.3 Å². The molecule has 0 spiro atoms. The average molecular weight is 259 g/mol. The van der Waals surface area contributed by atoms with Gasteiger partial charge in [-0.3, -0.25) is 0 Å². The summed E-state index contributed by atoms with van der Waals surface area (Å²) in [5, 5.41) is 3.21. The molecule has 1 heterocycles. The summed E-state index contributed by atoms with van der Waals surface area (Å²) in [5.41, 5.74) is 3.60. The smallest absolute Gasteiger partial charge is 0.332 e. The van der Waals surface area contributed by atoms with Gasteiger partial charge in [0, 0.05) is 17.5 Å². The van der Waals surface area contributed by atoms with Gasteiger partial charge in [-0.2, -0.15) is 0 Å². The molecule has 2 aromatic rings. The van der Waals surface area contributed by atoms with E-state index in [0.29, 0.717) is 6.61 Å². The van der Waals surface area contributed by atoms with Gasteiger partial charge in [0.1, 0.15) is 0 Å². The minimum Gasteiger partial charge on any atom is -0.463 e. The maximum Gasteiger partial charge on any atom is 0.332 e. The van der Waals surface area contributed by atoms with Crippen molar-refractivity contribution in [1.29, 1.82) is 0 Å². The quantitative estimate of drug-likeness (QED) is 0.640. The molecule has 0 aliphatic rings. The number of aromatic amines is 1. The monoisotopic (exact) mass is 259 g/mol. The zero-order valence-corrected chi connectivity index (χ0v) is 11.1. The third kappa shape index (κ3) is 3.34. The van der Waals surface area contributed by atoms with Crippen molar-refractivity contribution < 1.29 is 9.53 Å². The summed E-state index contributed by atoms with van der Waals surface area (Å²) in [5.74, 6) is -0.325. The molecule has 2 rings (SSSR count). The van der Waals surface area contributed by atoms with Crippen molar-refractivity contribution in [2.24, 2.45) is 0 Å². The first kappa shape index (κ1) is 13.1. The molecule has 0 atom stereocenters. The molecule has 0 saturated carbocycles. The highest BCUT2D eigenvalue weighted by Crippen LogP contribution is 2.18. The molecule has 19 heavy (non-hydrogen) atoms. The second kappa shape index (κ2) is 6.04. The maximum absolute atomic E-state index is 11.4. The summed E-state index contributed by atoms with van der Waals surface area (Å²) in [6, 6.07) is 5.81. The molecule has 0 bridgehead atoms. The second-order valence-corrected chi connectivity index (χ2v) is 4.03. The minimum atomic E-state index is -0.325. The molecular weight excluding hydrogens is 242 g/mol. The molecule has 0 amide bonds. The van der Waals surface area contributed by atoms with Crippen LogP contribution < -0.4 is 5.32 Å². The fourth-order valence-corrected chi connectivity index (χ4v) is 1.75. The molecular formula is C14H17N3O2. The van der Waals surface area contributed by atoms with E-state index in [4.69, 9.17) is 4.74 Å². The van der Waals surface area contributed by atoms with Crippen LogP contribution in [0.5, 0.6) is 0 Å². The normalized spacial score (nSPS) is 11.6. The Bertz CT molecular complexity index is 602. The van der Waals surface area contributed by atoms with Crippen molar-refractivity contribution in [3.63, 3.8) is 0 Å². The SMILES string of the molecule is CCOC(=O)/C=C(\CC)Nc1ccc2nc[nH]c2c1. The van der Waals surface area contributed by atoms with Gasteiger partial charge in [-0.05, 0) is 31.5 Å². The predicted octanol–water partition coefficient (Wildman–Crippen LogP) is 2.83. The van der Waals surface area contributed by atoms with E-state index in [-0.39, 0.29) is 5.97 Å². The van der Waals surface area contributed by atoms with Gasteiger partial charge in [-0.15, -0.1) is 0 Å². The van der Waals surface area contributed by atoms with Gasteiger partial charge in [0.15, 0.2) is 0 Å². The van der Waals surface area contributed by atoms with Crippen LogP contribution in [0.4, 0.5) is 5.69 Å². The van der Waals surface area contributed by atoms with Gasteiger partial charge in [-0.1, -0.05) is 6.92 Å². The van der Waals surface area contributed by atoms with Crippen molar-refractivity contribution in [3.05, 3.63) is 36.3 Å². The van der Waals surface area contributed by atoms with Gasteiger partial charge < -0.3 is 15.0 Å². The van der Waals surface area contributed by atoms with E-state index in [1.165, 1.54) is 6.08 Å². The zero-order valence-electron chi connectivity index (χ0n) is 11.1. The number of nitrogens with zero attached hydrogens (tertiary/aromatic N) is 1. The van der Waals surface area contributed by atoms with Crippen LogP contribution in [-0.2, 0) is 9.53 Å². The molecule has 0 aliphatic carbocycles. The van der Waals surface area contributed by atoms with E-state index in [9.17, 15) is 4.79 Å². The van der Waals surface area contributed by atoms with Crippen molar-refractivity contribution >= 4 is 22.7 Å². The number of hydrogen-bond donors (Lipinski definition) is 2. The Hall–Kier alpha value is -2.30. The third-order valence-corrected chi connectivity index (χ3v) is 2.68. The van der Waals surface area contributed by atoms with Crippen molar-refractivity contribution in [3.8, 4) is 0 Å². The number of nitrogens with one attached hydrogen (secondary N) is 2. The van der Waals surface area contributed by atoms with E-state index in [1.54, 1.807) is 13.3 Å². The number of ether oxygens (including phenoxy) is 1. The van der Waals surface area contributed by atoms with Gasteiger partial charge in [0.05, 0.1) is 24.0 Å². The Balaban J connectivity index is 2.15. The molecule has 0 fully saturated rings. The summed E-state index contributed by atoms with van der Waals surface area (Å²) in [6.07, 6.45) is 3.87. The van der Waals surface area contributed by atoms with Gasteiger partial charge in [0.2, 0.25) is 0 Å². The summed E-state index contributed by atoms with van der Waals surface area (Å²) >= 11 is 0. The topological polar surface area (TPSA) is 67.0 Å². The van der Waals surface area contributed by atoms with Gasteiger partial charge in [0.25, 0.3) is 0 Å². The van der Waals surface area contributed by atoms with Crippen LogP contribution in [-0.4, -0.2) is 22.5 Å². The molecule has 0 unspecified atom stereocenters. The molecule has 0 radical (unpaired) electrons. The molecule has 5 heteroatoms. The lowest BCUT2D eigenvalue weighted by molar-refractivity contribution is -0.137. The molecule has 0 saturated heterocycles. The number of aromatic nitrogens is 2. The fraction of sp³-hybridized carbons (Fsp3) is 0.286. The minimum absolute atomic E-state index is 0.325.